The lowest BCUT2D eigenvalue weighted by Crippen LogP contribution is -2.38. The van der Waals surface area contributed by atoms with Crippen molar-refractivity contribution in [3.8, 4) is 0 Å². The van der Waals surface area contributed by atoms with Crippen molar-refractivity contribution < 1.29 is 4.79 Å². The Balaban J connectivity index is 1.48. The van der Waals surface area contributed by atoms with Crippen molar-refractivity contribution in [2.75, 3.05) is 17.2 Å². The molecule has 8 nitrogen and oxygen atoms in total. The Bertz CT molecular complexity index is 733. The van der Waals surface area contributed by atoms with Gasteiger partial charge in [0.15, 0.2) is 5.82 Å². The predicted molar refractivity (Wildman–Crippen MR) is 89.4 cm³/mol. The Kier molecular flexibility index (Phi) is 3.79. The van der Waals surface area contributed by atoms with Gasteiger partial charge in [-0.2, -0.15) is 0 Å². The summed E-state index contributed by atoms with van der Waals surface area (Å²) in [5.74, 6) is 1.95. The first kappa shape index (κ1) is 14.9. The Morgan fingerprint density at radius 2 is 2.04 bits per heavy atom. The molecule has 3 heterocycles. The van der Waals surface area contributed by atoms with Crippen LogP contribution in [0.5, 0.6) is 0 Å². The van der Waals surface area contributed by atoms with Gasteiger partial charge in [0.1, 0.15) is 5.82 Å². The molecule has 4 rings (SSSR count). The van der Waals surface area contributed by atoms with Crippen molar-refractivity contribution in [2.45, 2.75) is 44.8 Å². The lowest BCUT2D eigenvalue weighted by molar-refractivity contribution is 0.0922. The molecule has 0 aromatic carbocycles. The Morgan fingerprint density at radius 1 is 1.21 bits per heavy atom. The Morgan fingerprint density at radius 3 is 2.79 bits per heavy atom. The minimum absolute atomic E-state index is 0.111. The third-order valence-corrected chi connectivity index (χ3v) is 4.74. The van der Waals surface area contributed by atoms with E-state index >= 15 is 0 Å². The molecule has 3 N–H and O–H groups in total. The van der Waals surface area contributed by atoms with Crippen LogP contribution in [0.25, 0.3) is 0 Å². The van der Waals surface area contributed by atoms with Crippen LogP contribution in [0.2, 0.25) is 0 Å². The lowest BCUT2D eigenvalue weighted by atomic mass is 10.2. The maximum Gasteiger partial charge on any atom is 0.289 e. The van der Waals surface area contributed by atoms with Crippen molar-refractivity contribution in [1.82, 2.24) is 25.1 Å². The van der Waals surface area contributed by atoms with Crippen molar-refractivity contribution in [3.63, 3.8) is 0 Å². The van der Waals surface area contributed by atoms with Gasteiger partial charge in [0.05, 0.1) is 18.4 Å². The van der Waals surface area contributed by atoms with Crippen LogP contribution < -0.4 is 16.0 Å². The highest BCUT2D eigenvalue weighted by Crippen LogP contribution is 2.21. The van der Waals surface area contributed by atoms with Crippen LogP contribution in [-0.4, -0.2) is 38.2 Å². The maximum atomic E-state index is 12.4. The highest BCUT2D eigenvalue weighted by Gasteiger charge is 2.27. The SMILES string of the molecule is Nc1ccc(N2CCn3c(nnc3C(=O)NC3CCCC3)C2)nc1. The molecule has 126 valence electrons. The van der Waals surface area contributed by atoms with E-state index in [9.17, 15) is 4.79 Å². The molecule has 1 fully saturated rings. The fraction of sp³-hybridized carbons (Fsp3) is 0.500. The van der Waals surface area contributed by atoms with Gasteiger partial charge in [0.25, 0.3) is 5.91 Å². The Labute approximate surface area is 140 Å². The van der Waals surface area contributed by atoms with Gasteiger partial charge in [-0.1, -0.05) is 12.8 Å². The largest absolute Gasteiger partial charge is 0.397 e. The predicted octanol–water partition coefficient (Wildman–Crippen LogP) is 0.948. The van der Waals surface area contributed by atoms with Crippen LogP contribution in [0, 0.1) is 0 Å². The van der Waals surface area contributed by atoms with Crippen LogP contribution in [0.3, 0.4) is 0 Å². The Hall–Kier alpha value is -2.64. The second-order valence-corrected chi connectivity index (χ2v) is 6.42. The van der Waals surface area contributed by atoms with Gasteiger partial charge in [-0.05, 0) is 25.0 Å². The molecule has 1 saturated carbocycles. The summed E-state index contributed by atoms with van der Waals surface area (Å²) in [6.07, 6.45) is 6.14. The van der Waals surface area contributed by atoms with Crippen molar-refractivity contribution >= 4 is 17.4 Å². The number of carbonyl (C=O) groups is 1. The fourth-order valence-corrected chi connectivity index (χ4v) is 3.43. The van der Waals surface area contributed by atoms with Gasteiger partial charge in [-0.15, -0.1) is 10.2 Å². The zero-order chi connectivity index (χ0) is 16.5. The van der Waals surface area contributed by atoms with Gasteiger partial charge >= 0.3 is 0 Å². The number of nitrogens with zero attached hydrogens (tertiary/aromatic N) is 5. The molecule has 2 aromatic rings. The molecule has 0 saturated heterocycles. The third-order valence-electron chi connectivity index (χ3n) is 4.74. The number of fused-ring (bicyclic) bond motifs is 1. The number of nitrogen functional groups attached to an aromatic ring is 1. The summed E-state index contributed by atoms with van der Waals surface area (Å²) >= 11 is 0. The number of anilines is 2. The maximum absolute atomic E-state index is 12.4. The first-order valence-electron chi connectivity index (χ1n) is 8.40. The zero-order valence-electron chi connectivity index (χ0n) is 13.5. The van der Waals surface area contributed by atoms with Crippen LogP contribution in [0.1, 0.15) is 42.1 Å². The highest BCUT2D eigenvalue weighted by atomic mass is 16.2. The summed E-state index contributed by atoms with van der Waals surface area (Å²) in [6.45, 7) is 2.01. The monoisotopic (exact) mass is 327 g/mol. The molecular weight excluding hydrogens is 306 g/mol. The van der Waals surface area contributed by atoms with Crippen molar-refractivity contribution in [2.24, 2.45) is 0 Å². The number of hydrogen-bond acceptors (Lipinski definition) is 6. The van der Waals surface area contributed by atoms with E-state index in [4.69, 9.17) is 5.73 Å². The number of nitrogens with two attached hydrogens (primary N) is 1. The summed E-state index contributed by atoms with van der Waals surface area (Å²) in [5.41, 5.74) is 6.33. The molecule has 1 aliphatic heterocycles. The summed E-state index contributed by atoms with van der Waals surface area (Å²) in [6, 6.07) is 4.02. The van der Waals surface area contributed by atoms with Gasteiger partial charge in [0, 0.05) is 19.1 Å². The zero-order valence-corrected chi connectivity index (χ0v) is 13.5. The van der Waals surface area contributed by atoms with Crippen LogP contribution in [0.4, 0.5) is 11.5 Å². The first-order chi connectivity index (χ1) is 11.7. The van der Waals surface area contributed by atoms with Crippen LogP contribution in [-0.2, 0) is 13.1 Å². The molecule has 1 amide bonds. The summed E-state index contributed by atoms with van der Waals surface area (Å²) in [5, 5.41) is 11.4. The number of nitrogens with one attached hydrogen (secondary N) is 1. The van der Waals surface area contributed by atoms with Crippen LogP contribution in [0.15, 0.2) is 18.3 Å². The standard InChI is InChI=1S/C16H21N7O/c17-11-5-6-13(18-9-11)22-7-8-23-14(10-22)20-21-15(23)16(24)19-12-3-1-2-4-12/h5-6,9,12H,1-4,7-8,10,17H2,(H,19,24). The minimum atomic E-state index is -0.111. The van der Waals surface area contributed by atoms with E-state index in [1.54, 1.807) is 6.20 Å². The summed E-state index contributed by atoms with van der Waals surface area (Å²) < 4.78 is 1.91. The normalized spacial score (nSPS) is 17.8. The number of amides is 1. The van der Waals surface area contributed by atoms with Gasteiger partial charge in [-0.25, -0.2) is 4.98 Å². The highest BCUT2D eigenvalue weighted by molar-refractivity contribution is 5.91. The molecule has 0 bridgehead atoms. The van der Waals surface area contributed by atoms with E-state index in [0.717, 1.165) is 31.0 Å². The molecule has 1 aliphatic carbocycles. The molecule has 0 spiro atoms. The second-order valence-electron chi connectivity index (χ2n) is 6.42. The fourth-order valence-electron chi connectivity index (χ4n) is 3.43. The topological polar surface area (TPSA) is 102 Å². The smallest absolute Gasteiger partial charge is 0.289 e. The van der Waals surface area contributed by atoms with E-state index in [2.05, 4.69) is 25.4 Å². The quantitative estimate of drug-likeness (QED) is 0.870. The van der Waals surface area contributed by atoms with Gasteiger partial charge in [-0.3, -0.25) is 4.79 Å². The number of aromatic nitrogens is 4. The number of rotatable bonds is 3. The molecule has 0 radical (unpaired) electrons. The molecule has 0 unspecified atom stereocenters. The van der Waals surface area contributed by atoms with Crippen molar-refractivity contribution in [3.05, 3.63) is 30.0 Å². The van der Waals surface area contributed by atoms with E-state index in [1.165, 1.54) is 12.8 Å². The molecular formula is C16H21N7O. The average Bonchev–Trinajstić information content (AvgIpc) is 3.24. The van der Waals surface area contributed by atoms with E-state index in [1.807, 2.05) is 16.7 Å². The molecule has 8 heteroatoms. The van der Waals surface area contributed by atoms with Gasteiger partial charge < -0.3 is 20.5 Å². The van der Waals surface area contributed by atoms with E-state index in [-0.39, 0.29) is 11.9 Å². The second kappa shape index (κ2) is 6.10. The lowest BCUT2D eigenvalue weighted by Gasteiger charge is -2.28. The average molecular weight is 327 g/mol. The van der Waals surface area contributed by atoms with Crippen molar-refractivity contribution in [1.29, 1.82) is 0 Å². The number of hydrogen-bond donors (Lipinski definition) is 2. The van der Waals surface area contributed by atoms with Crippen LogP contribution >= 0.6 is 0 Å². The molecule has 2 aromatic heterocycles. The number of carbonyl (C=O) groups excluding carboxylic acids is 1. The van der Waals surface area contributed by atoms with Gasteiger partial charge in [0.2, 0.25) is 5.82 Å². The number of pyridine rings is 1. The van der Waals surface area contributed by atoms with E-state index in [0.29, 0.717) is 24.6 Å². The molecule has 2 aliphatic rings. The molecule has 0 atom stereocenters. The molecule has 24 heavy (non-hydrogen) atoms. The third kappa shape index (κ3) is 2.79. The summed E-state index contributed by atoms with van der Waals surface area (Å²) in [7, 11) is 0. The summed E-state index contributed by atoms with van der Waals surface area (Å²) in [4.78, 5) is 18.9. The first-order valence-corrected chi connectivity index (χ1v) is 8.40. The van der Waals surface area contributed by atoms with E-state index < -0.39 is 0 Å². The minimum Gasteiger partial charge on any atom is -0.397 e.